The Kier molecular flexibility index (Phi) is 4.22. The molecule has 0 bridgehead atoms. The van der Waals surface area contributed by atoms with Gasteiger partial charge in [-0.05, 0) is 52.2 Å². The van der Waals surface area contributed by atoms with E-state index >= 15 is 0 Å². The summed E-state index contributed by atoms with van der Waals surface area (Å²) in [5.74, 6) is 0. The quantitative estimate of drug-likeness (QED) is 0.746. The van der Waals surface area contributed by atoms with Gasteiger partial charge in [0.2, 0.25) is 0 Å². The number of piperidine rings is 1. The van der Waals surface area contributed by atoms with Crippen LogP contribution in [0.2, 0.25) is 0 Å². The summed E-state index contributed by atoms with van der Waals surface area (Å²) in [4.78, 5) is 2.51. The molecule has 2 N–H and O–H groups in total. The van der Waals surface area contributed by atoms with Crippen molar-refractivity contribution >= 4 is 0 Å². The lowest BCUT2D eigenvalue weighted by atomic mass is 9.91. The van der Waals surface area contributed by atoms with E-state index in [2.05, 4.69) is 17.1 Å². The smallest absolute Gasteiger partial charge is 0.0798 e. The summed E-state index contributed by atoms with van der Waals surface area (Å²) >= 11 is 0. The molecule has 0 radical (unpaired) electrons. The van der Waals surface area contributed by atoms with E-state index in [-0.39, 0.29) is 0 Å². The van der Waals surface area contributed by atoms with Crippen molar-refractivity contribution in [1.82, 2.24) is 10.2 Å². The molecule has 2 heterocycles. The highest BCUT2D eigenvalue weighted by Gasteiger charge is 2.32. The molecule has 0 aliphatic carbocycles. The zero-order valence-electron chi connectivity index (χ0n) is 10.5. The van der Waals surface area contributed by atoms with Crippen LogP contribution in [-0.2, 0) is 0 Å². The van der Waals surface area contributed by atoms with Crippen molar-refractivity contribution in [3.8, 4) is 0 Å². The molecule has 1 unspecified atom stereocenters. The van der Waals surface area contributed by atoms with Gasteiger partial charge in [-0.2, -0.15) is 0 Å². The van der Waals surface area contributed by atoms with Gasteiger partial charge >= 0.3 is 0 Å². The van der Waals surface area contributed by atoms with Crippen molar-refractivity contribution in [2.75, 3.05) is 26.2 Å². The summed E-state index contributed by atoms with van der Waals surface area (Å²) in [5, 5.41) is 13.9. The third kappa shape index (κ3) is 3.19. The number of hydrogen-bond acceptors (Lipinski definition) is 3. The van der Waals surface area contributed by atoms with E-state index in [9.17, 15) is 5.11 Å². The number of aliphatic hydroxyl groups is 1. The standard InChI is InChI=1S/C13H26N2O/c1-12-5-3-2-4-10-15(12)11-13(16)6-8-14-9-7-13/h12,14,16H,2-11H2,1H3. The average Bonchev–Trinajstić information content (AvgIpc) is 2.45. The van der Waals surface area contributed by atoms with Crippen molar-refractivity contribution in [2.45, 2.75) is 57.1 Å². The molecular weight excluding hydrogens is 200 g/mol. The van der Waals surface area contributed by atoms with Gasteiger partial charge in [0.15, 0.2) is 0 Å². The fourth-order valence-electron chi connectivity index (χ4n) is 3.00. The van der Waals surface area contributed by atoms with Crippen LogP contribution in [0.5, 0.6) is 0 Å². The van der Waals surface area contributed by atoms with E-state index < -0.39 is 5.60 Å². The normalized spacial score (nSPS) is 32.2. The van der Waals surface area contributed by atoms with E-state index in [1.807, 2.05) is 0 Å². The minimum Gasteiger partial charge on any atom is -0.388 e. The maximum atomic E-state index is 10.6. The number of hydrogen-bond donors (Lipinski definition) is 2. The SMILES string of the molecule is CC1CCCCCN1CC1(O)CCNCC1. The van der Waals surface area contributed by atoms with Crippen LogP contribution in [-0.4, -0.2) is 47.8 Å². The van der Waals surface area contributed by atoms with Crippen molar-refractivity contribution < 1.29 is 5.11 Å². The van der Waals surface area contributed by atoms with E-state index in [1.54, 1.807) is 0 Å². The molecule has 0 spiro atoms. The first-order valence-electron chi connectivity index (χ1n) is 6.87. The van der Waals surface area contributed by atoms with Crippen LogP contribution < -0.4 is 5.32 Å². The van der Waals surface area contributed by atoms with Crippen molar-refractivity contribution in [2.24, 2.45) is 0 Å². The minimum absolute atomic E-state index is 0.427. The molecule has 3 heteroatoms. The topological polar surface area (TPSA) is 35.5 Å². The number of rotatable bonds is 2. The highest BCUT2D eigenvalue weighted by atomic mass is 16.3. The molecule has 0 aromatic carbocycles. The van der Waals surface area contributed by atoms with Gasteiger partial charge in [0.1, 0.15) is 0 Å². The third-order valence-electron chi connectivity index (χ3n) is 4.22. The molecule has 0 aromatic heterocycles. The maximum Gasteiger partial charge on any atom is 0.0798 e. The van der Waals surface area contributed by atoms with Crippen molar-refractivity contribution in [3.05, 3.63) is 0 Å². The molecule has 1 atom stereocenters. The largest absolute Gasteiger partial charge is 0.388 e. The van der Waals surface area contributed by atoms with E-state index in [0.29, 0.717) is 6.04 Å². The summed E-state index contributed by atoms with van der Waals surface area (Å²) in [6, 6.07) is 0.654. The monoisotopic (exact) mass is 226 g/mol. The van der Waals surface area contributed by atoms with Gasteiger partial charge in [0.25, 0.3) is 0 Å². The first-order valence-corrected chi connectivity index (χ1v) is 6.87. The van der Waals surface area contributed by atoms with Gasteiger partial charge < -0.3 is 10.4 Å². The lowest BCUT2D eigenvalue weighted by Crippen LogP contribution is -2.51. The van der Waals surface area contributed by atoms with E-state index in [1.165, 1.54) is 32.2 Å². The summed E-state index contributed by atoms with van der Waals surface area (Å²) in [5.41, 5.74) is -0.427. The Morgan fingerprint density at radius 2 is 2.00 bits per heavy atom. The fourth-order valence-corrected chi connectivity index (χ4v) is 3.00. The summed E-state index contributed by atoms with van der Waals surface area (Å²) in [6.45, 7) is 6.32. The number of nitrogens with one attached hydrogen (secondary N) is 1. The predicted octanol–water partition coefficient (Wildman–Crippen LogP) is 1.37. The Hall–Kier alpha value is -0.120. The maximum absolute atomic E-state index is 10.6. The van der Waals surface area contributed by atoms with Gasteiger partial charge in [0, 0.05) is 12.6 Å². The molecule has 16 heavy (non-hydrogen) atoms. The van der Waals surface area contributed by atoms with Crippen molar-refractivity contribution in [3.63, 3.8) is 0 Å². The van der Waals surface area contributed by atoms with Gasteiger partial charge in [-0.1, -0.05) is 12.8 Å². The average molecular weight is 226 g/mol. The summed E-state index contributed by atoms with van der Waals surface area (Å²) < 4.78 is 0. The van der Waals surface area contributed by atoms with Crippen LogP contribution in [0.25, 0.3) is 0 Å². The zero-order chi connectivity index (χ0) is 11.4. The molecule has 2 aliphatic heterocycles. The van der Waals surface area contributed by atoms with Crippen LogP contribution in [0, 0.1) is 0 Å². The molecule has 2 aliphatic rings. The van der Waals surface area contributed by atoms with Crippen LogP contribution in [0.1, 0.15) is 45.4 Å². The van der Waals surface area contributed by atoms with Crippen LogP contribution in [0.15, 0.2) is 0 Å². The molecule has 94 valence electrons. The number of likely N-dealkylation sites (tertiary alicyclic amines) is 1. The van der Waals surface area contributed by atoms with Gasteiger partial charge in [-0.15, -0.1) is 0 Å². The van der Waals surface area contributed by atoms with Crippen molar-refractivity contribution in [1.29, 1.82) is 0 Å². The van der Waals surface area contributed by atoms with E-state index in [0.717, 1.165) is 32.5 Å². The Bertz CT molecular complexity index is 214. The van der Waals surface area contributed by atoms with Crippen LogP contribution in [0.4, 0.5) is 0 Å². The molecule has 0 amide bonds. The highest BCUT2D eigenvalue weighted by molar-refractivity contribution is 4.89. The second-order valence-corrected chi connectivity index (χ2v) is 5.64. The second-order valence-electron chi connectivity index (χ2n) is 5.64. The van der Waals surface area contributed by atoms with Gasteiger partial charge in [0.05, 0.1) is 5.60 Å². The van der Waals surface area contributed by atoms with E-state index in [4.69, 9.17) is 0 Å². The van der Waals surface area contributed by atoms with Crippen LogP contribution >= 0.6 is 0 Å². The highest BCUT2D eigenvalue weighted by Crippen LogP contribution is 2.24. The minimum atomic E-state index is -0.427. The molecule has 0 saturated carbocycles. The van der Waals surface area contributed by atoms with Crippen LogP contribution in [0.3, 0.4) is 0 Å². The Balaban J connectivity index is 1.90. The Morgan fingerprint density at radius 3 is 2.75 bits per heavy atom. The lowest BCUT2D eigenvalue weighted by Gasteiger charge is -2.39. The molecule has 2 fully saturated rings. The molecule has 2 saturated heterocycles. The molecular formula is C13H26N2O. The van der Waals surface area contributed by atoms with Gasteiger partial charge in [-0.25, -0.2) is 0 Å². The fraction of sp³-hybridized carbons (Fsp3) is 1.00. The second kappa shape index (κ2) is 5.48. The third-order valence-corrected chi connectivity index (χ3v) is 4.22. The first kappa shape index (κ1) is 12.3. The first-order chi connectivity index (χ1) is 7.70. The molecule has 2 rings (SSSR count). The molecule has 0 aromatic rings. The Morgan fingerprint density at radius 1 is 1.25 bits per heavy atom. The number of nitrogens with zero attached hydrogens (tertiary/aromatic N) is 1. The lowest BCUT2D eigenvalue weighted by molar-refractivity contribution is -0.0286. The summed E-state index contributed by atoms with van der Waals surface area (Å²) in [7, 11) is 0. The molecule has 3 nitrogen and oxygen atoms in total. The van der Waals surface area contributed by atoms with Gasteiger partial charge in [-0.3, -0.25) is 4.90 Å². The zero-order valence-corrected chi connectivity index (χ0v) is 10.5. The summed E-state index contributed by atoms with van der Waals surface area (Å²) in [6.07, 6.45) is 7.15. The Labute approximate surface area is 99.2 Å². The predicted molar refractivity (Wildman–Crippen MR) is 66.6 cm³/mol. The number of β-amino-alcohol motifs (C(OH)–C–C–N with tert-alkyl or cyclic N) is 1.